The summed E-state index contributed by atoms with van der Waals surface area (Å²) in [5.74, 6) is 0.835. The molecule has 0 aliphatic rings. The third kappa shape index (κ3) is 4.84. The molecule has 7 nitrogen and oxygen atoms in total. The summed E-state index contributed by atoms with van der Waals surface area (Å²) in [5.41, 5.74) is 1.04. The van der Waals surface area contributed by atoms with Gasteiger partial charge in [0.15, 0.2) is 11.5 Å². The number of hydrogen-bond acceptors (Lipinski definition) is 6. The Balaban J connectivity index is 2.06. The monoisotopic (exact) mass is 569 g/mol. The van der Waals surface area contributed by atoms with Gasteiger partial charge in [-0.15, -0.1) is 0 Å². The van der Waals surface area contributed by atoms with Crippen LogP contribution >= 0.6 is 38.5 Å². The molecule has 0 saturated heterocycles. The fourth-order valence-corrected chi connectivity index (χ4v) is 3.78. The highest BCUT2D eigenvalue weighted by Gasteiger charge is 2.14. The number of nitrogens with zero attached hydrogens (tertiary/aromatic N) is 3. The molecule has 0 N–H and O–H groups in total. The molecular weight excluding hydrogens is 553 g/mol. The number of carbonyl (C=O) groups excluding carboxylic acids is 1. The fraction of sp³-hybridized carbons (Fsp3) is 0.200. The molecule has 2 aromatic carbocycles. The molecule has 29 heavy (non-hydrogen) atoms. The van der Waals surface area contributed by atoms with Gasteiger partial charge in [-0.3, -0.25) is 9.59 Å². The van der Waals surface area contributed by atoms with Crippen LogP contribution in [0.15, 0.2) is 44.7 Å². The minimum absolute atomic E-state index is 0.263. The first kappa shape index (κ1) is 21.4. The summed E-state index contributed by atoms with van der Waals surface area (Å²) in [5, 5.41) is 4.79. The Bertz CT molecular complexity index is 1190. The fourth-order valence-electron chi connectivity index (χ4n) is 2.69. The Hall–Kier alpha value is -2.27. The lowest BCUT2D eigenvalue weighted by Gasteiger charge is -2.12. The highest BCUT2D eigenvalue weighted by Crippen LogP contribution is 2.34. The molecule has 0 atom stereocenters. The van der Waals surface area contributed by atoms with Crippen molar-refractivity contribution in [2.24, 2.45) is 5.10 Å². The summed E-state index contributed by atoms with van der Waals surface area (Å²) in [6, 6.07) is 8.84. The number of hydrogen-bond donors (Lipinski definition) is 0. The number of ether oxygens (including phenoxy) is 2. The molecule has 0 radical (unpaired) electrons. The lowest BCUT2D eigenvalue weighted by atomic mass is 10.2. The van der Waals surface area contributed by atoms with Crippen LogP contribution in [0.4, 0.5) is 0 Å². The molecule has 0 aliphatic carbocycles. The number of benzene rings is 2. The molecule has 0 spiro atoms. The lowest BCUT2D eigenvalue weighted by Crippen LogP contribution is -2.20. The maximum absolute atomic E-state index is 12.8. The highest BCUT2D eigenvalue weighted by molar-refractivity contribution is 14.1. The largest absolute Gasteiger partial charge is 0.490 e. The van der Waals surface area contributed by atoms with Crippen molar-refractivity contribution < 1.29 is 14.3 Å². The Morgan fingerprint density at radius 2 is 2.10 bits per heavy atom. The summed E-state index contributed by atoms with van der Waals surface area (Å²) >= 11 is 5.44. The van der Waals surface area contributed by atoms with Gasteiger partial charge < -0.3 is 9.47 Å². The van der Waals surface area contributed by atoms with Crippen molar-refractivity contribution in [1.29, 1.82) is 0 Å². The molecule has 1 aromatic heterocycles. The number of halogens is 2. The molecule has 9 heteroatoms. The van der Waals surface area contributed by atoms with Gasteiger partial charge in [0.2, 0.25) is 0 Å². The minimum atomic E-state index is -0.430. The van der Waals surface area contributed by atoms with Crippen molar-refractivity contribution in [3.8, 4) is 11.5 Å². The molecule has 0 fully saturated rings. The summed E-state index contributed by atoms with van der Waals surface area (Å²) in [6.45, 7) is 5.31. The number of aryl methyl sites for hydroxylation is 1. The first-order chi connectivity index (χ1) is 13.8. The van der Waals surface area contributed by atoms with E-state index in [1.807, 2.05) is 13.0 Å². The molecule has 1 heterocycles. The van der Waals surface area contributed by atoms with Crippen LogP contribution in [0.25, 0.3) is 10.9 Å². The summed E-state index contributed by atoms with van der Waals surface area (Å²) < 4.78 is 13.6. The van der Waals surface area contributed by atoms with Crippen molar-refractivity contribution >= 4 is 61.6 Å². The average Bonchev–Trinajstić information content (AvgIpc) is 2.65. The Morgan fingerprint density at radius 3 is 2.79 bits per heavy atom. The first-order valence-electron chi connectivity index (χ1n) is 8.68. The van der Waals surface area contributed by atoms with E-state index in [9.17, 15) is 9.59 Å². The summed E-state index contributed by atoms with van der Waals surface area (Å²) in [6.07, 6.45) is 1.54. The van der Waals surface area contributed by atoms with Gasteiger partial charge in [0.25, 0.3) is 5.56 Å². The van der Waals surface area contributed by atoms with Crippen molar-refractivity contribution in [1.82, 2.24) is 9.66 Å². The molecule has 3 aromatic rings. The van der Waals surface area contributed by atoms with E-state index in [2.05, 4.69) is 48.6 Å². The standard InChI is InChI=1S/C20H17BrIN3O4/c1-4-28-18-8-13(7-16(22)19(18)29-12(3)26)10-23-25-11(2)24-17-6-5-14(21)9-15(17)20(25)27/h5-10H,4H2,1-3H3. The highest BCUT2D eigenvalue weighted by atomic mass is 127. The van der Waals surface area contributed by atoms with Crippen LogP contribution in [0.5, 0.6) is 11.5 Å². The predicted octanol–water partition coefficient (Wildman–Crippen LogP) is 4.28. The van der Waals surface area contributed by atoms with E-state index < -0.39 is 5.97 Å². The van der Waals surface area contributed by atoms with Crippen LogP contribution < -0.4 is 15.0 Å². The third-order valence-corrected chi connectivity index (χ3v) is 5.16. The van der Waals surface area contributed by atoms with E-state index in [1.165, 1.54) is 11.6 Å². The normalized spacial score (nSPS) is 11.2. The van der Waals surface area contributed by atoms with Crippen LogP contribution in [0.3, 0.4) is 0 Å². The van der Waals surface area contributed by atoms with Crippen LogP contribution in [-0.2, 0) is 4.79 Å². The van der Waals surface area contributed by atoms with Crippen molar-refractivity contribution in [3.63, 3.8) is 0 Å². The van der Waals surface area contributed by atoms with Crippen molar-refractivity contribution in [2.75, 3.05) is 6.61 Å². The SMILES string of the molecule is CCOc1cc(C=Nn2c(C)nc3ccc(Br)cc3c2=O)cc(I)c1OC(C)=O. The van der Waals surface area contributed by atoms with Gasteiger partial charge >= 0.3 is 5.97 Å². The molecular formula is C20H17BrIN3O4. The lowest BCUT2D eigenvalue weighted by molar-refractivity contribution is -0.132. The van der Waals surface area contributed by atoms with E-state index in [0.29, 0.717) is 44.0 Å². The van der Waals surface area contributed by atoms with E-state index in [4.69, 9.17) is 9.47 Å². The Kier molecular flexibility index (Phi) is 6.68. The number of fused-ring (bicyclic) bond motifs is 1. The maximum atomic E-state index is 12.8. The zero-order valence-electron chi connectivity index (χ0n) is 15.9. The van der Waals surface area contributed by atoms with Gasteiger partial charge in [-0.1, -0.05) is 15.9 Å². The Morgan fingerprint density at radius 1 is 1.34 bits per heavy atom. The first-order valence-corrected chi connectivity index (χ1v) is 10.6. The Labute approximate surface area is 189 Å². The van der Waals surface area contributed by atoms with E-state index in [0.717, 1.165) is 4.47 Å². The van der Waals surface area contributed by atoms with E-state index in [1.54, 1.807) is 37.4 Å². The van der Waals surface area contributed by atoms with Crippen LogP contribution in [0.1, 0.15) is 25.2 Å². The molecule has 0 bridgehead atoms. The van der Waals surface area contributed by atoms with Crippen molar-refractivity contribution in [3.05, 3.63) is 60.1 Å². The predicted molar refractivity (Wildman–Crippen MR) is 123 cm³/mol. The molecule has 0 amide bonds. The number of carbonyl (C=O) groups is 1. The molecule has 0 unspecified atom stereocenters. The second-order valence-corrected chi connectivity index (χ2v) is 8.12. The zero-order valence-corrected chi connectivity index (χ0v) is 19.6. The van der Waals surface area contributed by atoms with E-state index >= 15 is 0 Å². The number of esters is 1. The second-order valence-electron chi connectivity index (χ2n) is 6.04. The summed E-state index contributed by atoms with van der Waals surface area (Å²) in [7, 11) is 0. The number of aromatic nitrogens is 2. The van der Waals surface area contributed by atoms with Gasteiger partial charge in [-0.25, -0.2) is 4.98 Å². The molecule has 0 aliphatic heterocycles. The van der Waals surface area contributed by atoms with Crippen LogP contribution in [0, 0.1) is 10.5 Å². The maximum Gasteiger partial charge on any atom is 0.308 e. The van der Waals surface area contributed by atoms with Gasteiger partial charge in [-0.2, -0.15) is 9.78 Å². The quantitative estimate of drug-likeness (QED) is 0.198. The molecule has 0 saturated carbocycles. The van der Waals surface area contributed by atoms with Gasteiger partial charge in [-0.05, 0) is 72.3 Å². The second kappa shape index (κ2) is 9.04. The smallest absolute Gasteiger partial charge is 0.308 e. The molecule has 3 rings (SSSR count). The third-order valence-electron chi connectivity index (χ3n) is 3.87. The average molecular weight is 570 g/mol. The summed E-state index contributed by atoms with van der Waals surface area (Å²) in [4.78, 5) is 28.7. The van der Waals surface area contributed by atoms with Gasteiger partial charge in [0, 0.05) is 11.4 Å². The zero-order chi connectivity index (χ0) is 21.1. The van der Waals surface area contributed by atoms with Crippen molar-refractivity contribution in [2.45, 2.75) is 20.8 Å². The molecule has 150 valence electrons. The number of rotatable bonds is 5. The van der Waals surface area contributed by atoms with Gasteiger partial charge in [0.05, 0.1) is 27.3 Å². The topological polar surface area (TPSA) is 82.8 Å². The minimum Gasteiger partial charge on any atom is -0.490 e. The van der Waals surface area contributed by atoms with Gasteiger partial charge in [0.1, 0.15) is 5.82 Å². The van der Waals surface area contributed by atoms with Crippen LogP contribution in [-0.4, -0.2) is 28.5 Å². The van der Waals surface area contributed by atoms with E-state index in [-0.39, 0.29) is 5.56 Å². The van der Waals surface area contributed by atoms with Crippen LogP contribution in [0.2, 0.25) is 0 Å².